The number of carbonyl (C=O) groups is 1. The number of nitrogen functional groups attached to an aromatic ring is 1. The van der Waals surface area contributed by atoms with Crippen LogP contribution in [-0.4, -0.2) is 28.9 Å². The van der Waals surface area contributed by atoms with Crippen LogP contribution in [0.5, 0.6) is 0 Å². The zero-order valence-corrected chi connectivity index (χ0v) is 12.2. The van der Waals surface area contributed by atoms with Crippen LogP contribution in [0.15, 0.2) is 12.3 Å². The highest BCUT2D eigenvalue weighted by Crippen LogP contribution is 2.30. The molecular weight excluding hydrogens is 262 g/mol. The Hall–Kier alpha value is -1.29. The maximum atomic E-state index is 12.5. The van der Waals surface area contributed by atoms with Crippen molar-refractivity contribution >= 4 is 23.2 Å². The molecule has 1 saturated heterocycles. The number of hydrogen-bond donors (Lipinski definition) is 1. The molecular formula is C14H20ClN3O. The van der Waals surface area contributed by atoms with Gasteiger partial charge in [-0.1, -0.05) is 25.4 Å². The fraction of sp³-hybridized carbons (Fsp3) is 0.571. The average molecular weight is 282 g/mol. The van der Waals surface area contributed by atoms with Gasteiger partial charge in [-0.3, -0.25) is 4.79 Å². The van der Waals surface area contributed by atoms with Gasteiger partial charge in [-0.25, -0.2) is 4.98 Å². The summed E-state index contributed by atoms with van der Waals surface area (Å²) in [5.74, 6) is -0.0421. The molecule has 1 aromatic rings. The van der Waals surface area contributed by atoms with E-state index < -0.39 is 0 Å². The van der Waals surface area contributed by atoms with Gasteiger partial charge < -0.3 is 10.6 Å². The summed E-state index contributed by atoms with van der Waals surface area (Å²) < 4.78 is 0. The molecule has 1 amide bonds. The minimum atomic E-state index is -0.0421. The molecule has 0 unspecified atom stereocenters. The molecule has 2 N–H and O–H groups in total. The summed E-state index contributed by atoms with van der Waals surface area (Å²) in [5.41, 5.74) is 6.97. The van der Waals surface area contributed by atoms with Gasteiger partial charge in [0.25, 0.3) is 5.91 Å². The molecule has 104 valence electrons. The third kappa shape index (κ3) is 3.38. The molecule has 1 fully saturated rings. The lowest BCUT2D eigenvalue weighted by molar-refractivity contribution is 0.0758. The van der Waals surface area contributed by atoms with Gasteiger partial charge in [0.2, 0.25) is 0 Å². The van der Waals surface area contributed by atoms with E-state index in [1.807, 2.05) is 4.90 Å². The zero-order valence-electron chi connectivity index (χ0n) is 11.4. The van der Waals surface area contributed by atoms with E-state index in [0.717, 1.165) is 32.4 Å². The summed E-state index contributed by atoms with van der Waals surface area (Å²) in [4.78, 5) is 18.2. The van der Waals surface area contributed by atoms with Crippen molar-refractivity contribution in [2.24, 2.45) is 5.41 Å². The van der Waals surface area contributed by atoms with Crippen molar-refractivity contribution in [3.8, 4) is 0 Å². The molecule has 0 aliphatic carbocycles. The monoisotopic (exact) mass is 281 g/mol. The van der Waals surface area contributed by atoms with Crippen molar-refractivity contribution in [3.05, 3.63) is 23.0 Å². The van der Waals surface area contributed by atoms with Gasteiger partial charge >= 0.3 is 0 Å². The Bertz CT molecular complexity index is 488. The van der Waals surface area contributed by atoms with Crippen molar-refractivity contribution in [2.45, 2.75) is 33.1 Å². The van der Waals surface area contributed by atoms with Crippen molar-refractivity contribution in [1.29, 1.82) is 0 Å². The number of aromatic nitrogens is 1. The number of likely N-dealkylation sites (tertiary alicyclic amines) is 1. The van der Waals surface area contributed by atoms with Gasteiger partial charge in [0.15, 0.2) is 0 Å². The van der Waals surface area contributed by atoms with Crippen molar-refractivity contribution in [3.63, 3.8) is 0 Å². The van der Waals surface area contributed by atoms with Gasteiger partial charge in [0.1, 0.15) is 5.15 Å². The van der Waals surface area contributed by atoms with Gasteiger partial charge in [-0.05, 0) is 30.7 Å². The molecule has 2 rings (SSSR count). The number of halogens is 1. The fourth-order valence-electron chi connectivity index (χ4n) is 2.42. The van der Waals surface area contributed by atoms with E-state index in [-0.39, 0.29) is 5.91 Å². The molecule has 1 aliphatic heterocycles. The highest BCUT2D eigenvalue weighted by Gasteiger charge is 2.26. The van der Waals surface area contributed by atoms with E-state index in [4.69, 9.17) is 17.3 Å². The molecule has 2 heterocycles. The topological polar surface area (TPSA) is 59.2 Å². The number of amides is 1. The van der Waals surface area contributed by atoms with Crippen LogP contribution in [0.4, 0.5) is 5.69 Å². The van der Waals surface area contributed by atoms with E-state index in [1.165, 1.54) is 6.20 Å². The Morgan fingerprint density at radius 3 is 2.89 bits per heavy atom. The number of rotatable bonds is 1. The SMILES string of the molecule is CC1(C)CCCN(C(=O)c2cc(Cl)ncc2N)CC1. The number of pyridine rings is 1. The molecule has 0 radical (unpaired) electrons. The molecule has 0 bridgehead atoms. The predicted octanol–water partition coefficient (Wildman–Crippen LogP) is 2.97. The van der Waals surface area contributed by atoms with Gasteiger partial charge in [-0.2, -0.15) is 0 Å². The maximum absolute atomic E-state index is 12.5. The van der Waals surface area contributed by atoms with Crippen LogP contribution >= 0.6 is 11.6 Å². The van der Waals surface area contributed by atoms with Crippen LogP contribution in [0.2, 0.25) is 5.15 Å². The Morgan fingerprint density at radius 2 is 2.16 bits per heavy atom. The highest BCUT2D eigenvalue weighted by atomic mass is 35.5. The normalized spacial score (nSPS) is 19.0. The first-order valence-corrected chi connectivity index (χ1v) is 6.97. The lowest BCUT2D eigenvalue weighted by Crippen LogP contribution is -2.33. The number of anilines is 1. The molecule has 1 aliphatic rings. The minimum Gasteiger partial charge on any atom is -0.397 e. The van der Waals surface area contributed by atoms with Crippen molar-refractivity contribution < 1.29 is 4.79 Å². The molecule has 5 heteroatoms. The van der Waals surface area contributed by atoms with Crippen LogP contribution in [0.25, 0.3) is 0 Å². The summed E-state index contributed by atoms with van der Waals surface area (Å²) in [6, 6.07) is 1.55. The summed E-state index contributed by atoms with van der Waals surface area (Å²) >= 11 is 5.84. The maximum Gasteiger partial charge on any atom is 0.256 e. The molecule has 0 spiro atoms. The first kappa shape index (κ1) is 14.1. The second-order valence-corrected chi connectivity index (χ2v) is 6.29. The van der Waals surface area contributed by atoms with E-state index in [0.29, 0.717) is 21.8 Å². The largest absolute Gasteiger partial charge is 0.397 e. The van der Waals surface area contributed by atoms with Crippen LogP contribution in [0, 0.1) is 5.41 Å². The van der Waals surface area contributed by atoms with Gasteiger partial charge in [0, 0.05) is 13.1 Å². The smallest absolute Gasteiger partial charge is 0.256 e. The first-order chi connectivity index (χ1) is 8.89. The first-order valence-electron chi connectivity index (χ1n) is 6.59. The van der Waals surface area contributed by atoms with Crippen LogP contribution < -0.4 is 5.73 Å². The minimum absolute atomic E-state index is 0.0421. The molecule has 4 nitrogen and oxygen atoms in total. The van der Waals surface area contributed by atoms with Gasteiger partial charge in [-0.15, -0.1) is 0 Å². The third-order valence-corrected chi connectivity index (χ3v) is 3.97. The Morgan fingerprint density at radius 1 is 1.42 bits per heavy atom. The second kappa shape index (κ2) is 5.37. The van der Waals surface area contributed by atoms with Crippen LogP contribution in [0.3, 0.4) is 0 Å². The molecule has 1 aromatic heterocycles. The number of nitrogens with zero attached hydrogens (tertiary/aromatic N) is 2. The lowest BCUT2D eigenvalue weighted by Gasteiger charge is -2.23. The molecule has 19 heavy (non-hydrogen) atoms. The lowest BCUT2D eigenvalue weighted by atomic mass is 9.85. The predicted molar refractivity (Wildman–Crippen MR) is 77.2 cm³/mol. The van der Waals surface area contributed by atoms with Crippen LogP contribution in [-0.2, 0) is 0 Å². The van der Waals surface area contributed by atoms with Crippen molar-refractivity contribution in [2.75, 3.05) is 18.8 Å². The number of nitrogens with two attached hydrogens (primary N) is 1. The number of hydrogen-bond acceptors (Lipinski definition) is 3. The fourth-order valence-corrected chi connectivity index (χ4v) is 2.58. The quantitative estimate of drug-likeness (QED) is 0.805. The van der Waals surface area contributed by atoms with E-state index in [9.17, 15) is 4.79 Å². The zero-order chi connectivity index (χ0) is 14.0. The summed E-state index contributed by atoms with van der Waals surface area (Å²) in [6.45, 7) is 6.05. The summed E-state index contributed by atoms with van der Waals surface area (Å²) in [7, 11) is 0. The molecule has 0 atom stereocenters. The Labute approximate surface area is 118 Å². The third-order valence-electron chi connectivity index (χ3n) is 3.76. The highest BCUT2D eigenvalue weighted by molar-refractivity contribution is 6.29. The second-order valence-electron chi connectivity index (χ2n) is 5.90. The summed E-state index contributed by atoms with van der Waals surface area (Å²) in [5, 5.41) is 0.299. The standard InChI is InChI=1S/C14H20ClN3O/c1-14(2)4-3-6-18(7-5-14)13(19)10-8-12(15)17-9-11(10)16/h8-9H,3-7,16H2,1-2H3. The summed E-state index contributed by atoms with van der Waals surface area (Å²) in [6.07, 6.45) is 4.62. The Balaban J connectivity index is 2.17. The number of carbonyl (C=O) groups excluding carboxylic acids is 1. The van der Waals surface area contributed by atoms with Crippen LogP contribution in [0.1, 0.15) is 43.5 Å². The van der Waals surface area contributed by atoms with E-state index in [1.54, 1.807) is 6.07 Å². The Kier molecular flexibility index (Phi) is 3.99. The molecule has 0 aromatic carbocycles. The average Bonchev–Trinajstić information content (AvgIpc) is 2.52. The van der Waals surface area contributed by atoms with Gasteiger partial charge in [0.05, 0.1) is 17.4 Å². The van der Waals surface area contributed by atoms with Crippen molar-refractivity contribution in [1.82, 2.24) is 9.88 Å². The van der Waals surface area contributed by atoms with E-state index >= 15 is 0 Å². The molecule has 0 saturated carbocycles. The van der Waals surface area contributed by atoms with E-state index in [2.05, 4.69) is 18.8 Å².